The number of aryl methyl sites for hydroxylation is 2. The van der Waals surface area contributed by atoms with Gasteiger partial charge in [-0.15, -0.1) is 11.3 Å². The van der Waals surface area contributed by atoms with E-state index in [4.69, 9.17) is 5.11 Å². The number of carboxylic acid groups (broad SMARTS) is 1. The van der Waals surface area contributed by atoms with Gasteiger partial charge in [0.1, 0.15) is 11.7 Å². The van der Waals surface area contributed by atoms with Crippen LogP contribution in [0.5, 0.6) is 0 Å². The Morgan fingerprint density at radius 2 is 2.12 bits per heavy atom. The standard InChI is InChI=1S/C11H14N2O3S/c1-5-8(12-6(2)17-5)10(14)13-9(11(15)16)7-3-4-7/h7,9H,3-4H2,1-2H3,(H,13,14)(H,15,16). The Labute approximate surface area is 103 Å². The highest BCUT2D eigenvalue weighted by Gasteiger charge is 2.37. The van der Waals surface area contributed by atoms with Crippen LogP contribution in [-0.2, 0) is 4.79 Å². The summed E-state index contributed by atoms with van der Waals surface area (Å²) in [4.78, 5) is 27.8. The molecule has 1 amide bonds. The molecule has 0 aliphatic heterocycles. The number of amides is 1. The van der Waals surface area contributed by atoms with Gasteiger partial charge in [0.2, 0.25) is 0 Å². The molecule has 5 nitrogen and oxygen atoms in total. The van der Waals surface area contributed by atoms with Crippen molar-refractivity contribution in [3.63, 3.8) is 0 Å². The predicted octanol–water partition coefficient (Wildman–Crippen LogP) is 1.35. The summed E-state index contributed by atoms with van der Waals surface area (Å²) in [6.45, 7) is 3.64. The molecule has 1 aromatic heterocycles. The molecule has 92 valence electrons. The molecule has 6 heteroatoms. The molecule has 1 saturated carbocycles. The zero-order valence-electron chi connectivity index (χ0n) is 9.69. The van der Waals surface area contributed by atoms with E-state index < -0.39 is 12.0 Å². The molecule has 0 aromatic carbocycles. The van der Waals surface area contributed by atoms with Gasteiger partial charge in [-0.25, -0.2) is 9.78 Å². The molecule has 0 radical (unpaired) electrons. The first-order chi connectivity index (χ1) is 7.99. The Morgan fingerprint density at radius 1 is 1.47 bits per heavy atom. The van der Waals surface area contributed by atoms with E-state index in [1.54, 1.807) is 0 Å². The maximum atomic E-state index is 11.9. The van der Waals surface area contributed by atoms with Gasteiger partial charge in [-0.1, -0.05) is 0 Å². The minimum atomic E-state index is -0.967. The number of carbonyl (C=O) groups is 2. The van der Waals surface area contributed by atoms with Crippen LogP contribution in [0.1, 0.15) is 33.2 Å². The fraction of sp³-hybridized carbons (Fsp3) is 0.545. The van der Waals surface area contributed by atoms with Crippen molar-refractivity contribution in [2.24, 2.45) is 5.92 Å². The van der Waals surface area contributed by atoms with Crippen LogP contribution in [0.4, 0.5) is 0 Å². The van der Waals surface area contributed by atoms with Gasteiger partial charge in [0, 0.05) is 4.88 Å². The van der Waals surface area contributed by atoms with Crippen molar-refractivity contribution in [2.75, 3.05) is 0 Å². The molecule has 2 rings (SSSR count). The van der Waals surface area contributed by atoms with Gasteiger partial charge >= 0.3 is 5.97 Å². The summed E-state index contributed by atoms with van der Waals surface area (Å²) in [5.74, 6) is -1.27. The molecule has 1 aromatic rings. The van der Waals surface area contributed by atoms with Crippen LogP contribution in [0.15, 0.2) is 0 Å². The molecule has 0 bridgehead atoms. The molecule has 0 spiro atoms. The maximum absolute atomic E-state index is 11.9. The summed E-state index contributed by atoms with van der Waals surface area (Å²) >= 11 is 1.44. The number of thiazole rings is 1. The lowest BCUT2D eigenvalue weighted by Gasteiger charge is -2.12. The zero-order valence-corrected chi connectivity index (χ0v) is 10.5. The monoisotopic (exact) mass is 254 g/mol. The zero-order chi connectivity index (χ0) is 12.6. The Kier molecular flexibility index (Phi) is 3.15. The van der Waals surface area contributed by atoms with E-state index in [0.29, 0.717) is 5.69 Å². The highest BCUT2D eigenvalue weighted by atomic mass is 32.1. The van der Waals surface area contributed by atoms with Crippen LogP contribution in [0.25, 0.3) is 0 Å². The number of hydrogen-bond acceptors (Lipinski definition) is 4. The van der Waals surface area contributed by atoms with Crippen molar-refractivity contribution in [3.05, 3.63) is 15.6 Å². The lowest BCUT2D eigenvalue weighted by molar-refractivity contribution is -0.139. The highest BCUT2D eigenvalue weighted by Crippen LogP contribution is 2.33. The summed E-state index contributed by atoms with van der Waals surface area (Å²) in [7, 11) is 0. The highest BCUT2D eigenvalue weighted by molar-refractivity contribution is 7.11. The number of aromatic nitrogens is 1. The second kappa shape index (κ2) is 4.44. The van der Waals surface area contributed by atoms with Crippen LogP contribution in [0.2, 0.25) is 0 Å². The minimum Gasteiger partial charge on any atom is -0.480 e. The Bertz CT molecular complexity index is 465. The number of nitrogens with zero attached hydrogens (tertiary/aromatic N) is 1. The van der Waals surface area contributed by atoms with Gasteiger partial charge in [-0.2, -0.15) is 0 Å². The molecule has 1 aliphatic rings. The van der Waals surface area contributed by atoms with E-state index in [2.05, 4.69) is 10.3 Å². The normalized spacial score (nSPS) is 16.6. The van der Waals surface area contributed by atoms with Crippen LogP contribution < -0.4 is 5.32 Å². The second-order valence-electron chi connectivity index (χ2n) is 4.26. The third kappa shape index (κ3) is 2.63. The van der Waals surface area contributed by atoms with Gasteiger partial charge in [0.25, 0.3) is 5.91 Å². The summed E-state index contributed by atoms with van der Waals surface area (Å²) < 4.78 is 0. The molecule has 2 N–H and O–H groups in total. The predicted molar refractivity (Wildman–Crippen MR) is 63.2 cm³/mol. The summed E-state index contributed by atoms with van der Waals surface area (Å²) in [5.41, 5.74) is 0.347. The SMILES string of the molecule is Cc1nc(C(=O)NC(C(=O)O)C2CC2)c(C)s1. The van der Waals surface area contributed by atoms with Crippen molar-refractivity contribution in [1.29, 1.82) is 0 Å². The smallest absolute Gasteiger partial charge is 0.326 e. The first-order valence-corrected chi connectivity index (χ1v) is 6.28. The number of hydrogen-bond donors (Lipinski definition) is 2. The Morgan fingerprint density at radius 3 is 2.53 bits per heavy atom. The summed E-state index contributed by atoms with van der Waals surface area (Å²) in [6, 6.07) is -0.774. The van der Waals surface area contributed by atoms with Gasteiger partial charge in [-0.3, -0.25) is 4.79 Å². The van der Waals surface area contributed by atoms with Gasteiger partial charge in [0.15, 0.2) is 0 Å². The maximum Gasteiger partial charge on any atom is 0.326 e. The number of carboxylic acids is 1. The van der Waals surface area contributed by atoms with Crippen molar-refractivity contribution >= 4 is 23.2 Å². The Balaban J connectivity index is 2.10. The number of carbonyl (C=O) groups excluding carboxylic acids is 1. The summed E-state index contributed by atoms with van der Waals surface area (Å²) in [5, 5.41) is 12.4. The molecule has 1 aliphatic carbocycles. The van der Waals surface area contributed by atoms with Crippen molar-refractivity contribution in [1.82, 2.24) is 10.3 Å². The van der Waals surface area contributed by atoms with E-state index >= 15 is 0 Å². The first kappa shape index (κ1) is 12.0. The molecular weight excluding hydrogens is 240 g/mol. The minimum absolute atomic E-state index is 0.0801. The van der Waals surface area contributed by atoms with E-state index in [9.17, 15) is 9.59 Å². The molecule has 1 atom stereocenters. The average molecular weight is 254 g/mol. The molecule has 0 saturated heterocycles. The van der Waals surface area contributed by atoms with Crippen molar-refractivity contribution in [2.45, 2.75) is 32.7 Å². The van der Waals surface area contributed by atoms with Crippen LogP contribution in [0, 0.1) is 19.8 Å². The number of aliphatic carboxylic acids is 1. The van der Waals surface area contributed by atoms with Crippen molar-refractivity contribution in [3.8, 4) is 0 Å². The van der Waals surface area contributed by atoms with E-state index in [1.165, 1.54) is 11.3 Å². The van der Waals surface area contributed by atoms with Gasteiger partial charge in [-0.05, 0) is 32.6 Å². The first-order valence-electron chi connectivity index (χ1n) is 5.46. The summed E-state index contributed by atoms with van der Waals surface area (Å²) in [6.07, 6.45) is 1.73. The molecule has 1 fully saturated rings. The lowest BCUT2D eigenvalue weighted by Crippen LogP contribution is -2.42. The van der Waals surface area contributed by atoms with Gasteiger partial charge < -0.3 is 10.4 Å². The fourth-order valence-corrected chi connectivity index (χ4v) is 2.57. The van der Waals surface area contributed by atoms with Crippen LogP contribution in [0.3, 0.4) is 0 Å². The van der Waals surface area contributed by atoms with Crippen LogP contribution in [-0.4, -0.2) is 28.0 Å². The largest absolute Gasteiger partial charge is 0.480 e. The van der Waals surface area contributed by atoms with Crippen molar-refractivity contribution < 1.29 is 14.7 Å². The van der Waals surface area contributed by atoms with Crippen LogP contribution >= 0.6 is 11.3 Å². The number of nitrogens with one attached hydrogen (secondary N) is 1. The average Bonchev–Trinajstić information content (AvgIpc) is 3.00. The topological polar surface area (TPSA) is 79.3 Å². The Hall–Kier alpha value is -1.43. The van der Waals surface area contributed by atoms with E-state index in [-0.39, 0.29) is 11.8 Å². The second-order valence-corrected chi connectivity index (χ2v) is 5.67. The number of rotatable bonds is 4. The molecular formula is C11H14N2O3S. The fourth-order valence-electron chi connectivity index (χ4n) is 1.76. The van der Waals surface area contributed by atoms with E-state index in [1.807, 2.05) is 13.8 Å². The van der Waals surface area contributed by atoms with E-state index in [0.717, 1.165) is 22.7 Å². The molecule has 1 unspecified atom stereocenters. The molecule has 1 heterocycles. The lowest BCUT2D eigenvalue weighted by atomic mass is 10.2. The third-order valence-electron chi connectivity index (χ3n) is 2.76. The third-order valence-corrected chi connectivity index (χ3v) is 3.65. The quantitative estimate of drug-likeness (QED) is 0.850. The molecule has 17 heavy (non-hydrogen) atoms. The van der Waals surface area contributed by atoms with Gasteiger partial charge in [0.05, 0.1) is 5.01 Å².